The number of hydrogen-bond acceptors (Lipinski definition) is 2. The predicted octanol–water partition coefficient (Wildman–Crippen LogP) is 16.8. The van der Waals surface area contributed by atoms with Crippen LogP contribution in [0.3, 0.4) is 0 Å². The maximum atomic E-state index is 7.44. The third-order valence-corrected chi connectivity index (χ3v) is 12.6. The number of furan rings is 2. The van der Waals surface area contributed by atoms with Crippen LogP contribution in [0.4, 0.5) is 0 Å². The van der Waals surface area contributed by atoms with Crippen molar-refractivity contribution >= 4 is 86.8 Å². The summed E-state index contributed by atoms with van der Waals surface area (Å²) in [7, 11) is 0. The predicted molar refractivity (Wildman–Crippen MR) is 253 cm³/mol. The highest BCUT2D eigenvalue weighted by Gasteiger charge is 2.28. The van der Waals surface area contributed by atoms with Gasteiger partial charge in [0.25, 0.3) is 0 Å². The zero-order valence-corrected chi connectivity index (χ0v) is 32.4. The number of para-hydroxylation sites is 1. The van der Waals surface area contributed by atoms with Crippen LogP contribution in [0.25, 0.3) is 131 Å². The lowest BCUT2D eigenvalue weighted by molar-refractivity contribution is 0.630. The second-order valence-corrected chi connectivity index (χ2v) is 15.9. The summed E-state index contributed by atoms with van der Waals surface area (Å²) in [6.07, 6.45) is 0. The van der Waals surface area contributed by atoms with Crippen molar-refractivity contribution in [1.29, 1.82) is 0 Å². The van der Waals surface area contributed by atoms with Crippen molar-refractivity contribution in [3.05, 3.63) is 206 Å². The molecule has 0 radical (unpaired) electrons. The van der Waals surface area contributed by atoms with Crippen LogP contribution in [-0.4, -0.2) is 0 Å². The van der Waals surface area contributed by atoms with E-state index in [0.717, 1.165) is 77.3 Å². The summed E-state index contributed by atoms with van der Waals surface area (Å²) < 4.78 is 14.5. The van der Waals surface area contributed by atoms with Gasteiger partial charge in [0.2, 0.25) is 0 Å². The molecule has 0 N–H and O–H groups in total. The first-order valence-corrected chi connectivity index (χ1v) is 20.6. The summed E-state index contributed by atoms with van der Waals surface area (Å²) in [5.74, 6) is 0.841. The minimum atomic E-state index is 0.808. The molecule has 0 amide bonds. The Morgan fingerprint density at radius 3 is 1.53 bits per heavy atom. The summed E-state index contributed by atoms with van der Waals surface area (Å²) in [5.41, 5.74) is 10.2. The fourth-order valence-electron chi connectivity index (χ4n) is 10.0. The second kappa shape index (κ2) is 12.8. The molecule has 13 rings (SSSR count). The van der Waals surface area contributed by atoms with E-state index in [1.807, 2.05) is 0 Å². The molecule has 13 aromatic rings. The van der Waals surface area contributed by atoms with Crippen LogP contribution in [0.1, 0.15) is 0 Å². The number of fused-ring (bicyclic) bond motifs is 10. The van der Waals surface area contributed by atoms with E-state index < -0.39 is 0 Å². The van der Waals surface area contributed by atoms with Crippen LogP contribution >= 0.6 is 0 Å². The van der Waals surface area contributed by atoms with Crippen LogP contribution in [0.15, 0.2) is 215 Å². The van der Waals surface area contributed by atoms with E-state index in [1.54, 1.807) is 0 Å². The van der Waals surface area contributed by atoms with Gasteiger partial charge in [0.15, 0.2) is 0 Å². The molecular weight excluding hydrogens is 729 g/mol. The largest absolute Gasteiger partial charge is 0.455 e. The van der Waals surface area contributed by atoms with Crippen LogP contribution in [0.2, 0.25) is 0 Å². The van der Waals surface area contributed by atoms with Gasteiger partial charge in [0.1, 0.15) is 22.5 Å². The van der Waals surface area contributed by atoms with Gasteiger partial charge in [-0.05, 0) is 94.8 Å². The van der Waals surface area contributed by atoms with E-state index in [4.69, 9.17) is 8.83 Å². The van der Waals surface area contributed by atoms with Gasteiger partial charge in [-0.25, -0.2) is 0 Å². The average Bonchev–Trinajstić information content (AvgIpc) is 3.89. The van der Waals surface area contributed by atoms with Gasteiger partial charge in [-0.1, -0.05) is 182 Å². The van der Waals surface area contributed by atoms with E-state index in [-0.39, 0.29) is 0 Å². The lowest BCUT2D eigenvalue weighted by Crippen LogP contribution is -1.93. The molecule has 2 heteroatoms. The molecular formula is C58H34O2. The first kappa shape index (κ1) is 33.1. The van der Waals surface area contributed by atoms with E-state index in [9.17, 15) is 0 Å². The van der Waals surface area contributed by atoms with E-state index in [0.29, 0.717) is 0 Å². The first-order chi connectivity index (χ1) is 29.8. The molecule has 0 atom stereocenters. The molecule has 0 saturated carbocycles. The Balaban J connectivity index is 1.22. The molecule has 0 unspecified atom stereocenters. The van der Waals surface area contributed by atoms with Gasteiger partial charge in [0, 0.05) is 32.8 Å². The van der Waals surface area contributed by atoms with Crippen molar-refractivity contribution in [2.24, 2.45) is 0 Å². The van der Waals surface area contributed by atoms with Crippen molar-refractivity contribution < 1.29 is 8.83 Å². The summed E-state index contributed by atoms with van der Waals surface area (Å²) in [5, 5.41) is 15.2. The number of hydrogen-bond donors (Lipinski definition) is 0. The fraction of sp³-hybridized carbons (Fsp3) is 0. The molecule has 2 aromatic heterocycles. The van der Waals surface area contributed by atoms with Gasteiger partial charge in [0.05, 0.1) is 5.56 Å². The van der Waals surface area contributed by atoms with Gasteiger partial charge >= 0.3 is 0 Å². The highest BCUT2D eigenvalue weighted by molar-refractivity contribution is 6.30. The summed E-state index contributed by atoms with van der Waals surface area (Å²) in [6.45, 7) is 0. The SMILES string of the molecule is c1ccc(-c2c(-c3ccc4ccccc4c3)oc3c(-c4c5ccccc5c(-c5cc6ccccc6c6ccccc56)c5ccccc45)c4oc5ccccc5c4cc23)cc1. The van der Waals surface area contributed by atoms with Gasteiger partial charge in [-0.3, -0.25) is 0 Å². The molecule has 0 aliphatic rings. The highest BCUT2D eigenvalue weighted by atomic mass is 16.3. The zero-order valence-electron chi connectivity index (χ0n) is 32.4. The minimum Gasteiger partial charge on any atom is -0.455 e. The van der Waals surface area contributed by atoms with Crippen molar-refractivity contribution in [3.63, 3.8) is 0 Å². The van der Waals surface area contributed by atoms with Crippen molar-refractivity contribution in [2.75, 3.05) is 0 Å². The Kier molecular flexibility index (Phi) is 7.05. The smallest absolute Gasteiger partial charge is 0.147 e. The molecule has 0 bridgehead atoms. The Hall–Kier alpha value is -7.94. The monoisotopic (exact) mass is 762 g/mol. The van der Waals surface area contributed by atoms with Gasteiger partial charge in [-0.2, -0.15) is 0 Å². The Morgan fingerprint density at radius 1 is 0.250 bits per heavy atom. The Bertz CT molecular complexity index is 3830. The molecule has 2 nitrogen and oxygen atoms in total. The van der Waals surface area contributed by atoms with Gasteiger partial charge in [-0.15, -0.1) is 0 Å². The molecule has 0 aliphatic heterocycles. The van der Waals surface area contributed by atoms with Crippen molar-refractivity contribution in [1.82, 2.24) is 0 Å². The average molecular weight is 763 g/mol. The number of rotatable bonds is 4. The zero-order chi connectivity index (χ0) is 39.3. The van der Waals surface area contributed by atoms with Crippen LogP contribution in [-0.2, 0) is 0 Å². The Labute approximate surface area is 345 Å². The Morgan fingerprint density at radius 2 is 0.800 bits per heavy atom. The minimum absolute atomic E-state index is 0.808. The van der Waals surface area contributed by atoms with Crippen molar-refractivity contribution in [3.8, 4) is 44.7 Å². The summed E-state index contributed by atoms with van der Waals surface area (Å²) in [6, 6.07) is 74.3. The van der Waals surface area contributed by atoms with Gasteiger partial charge < -0.3 is 8.83 Å². The number of benzene rings is 11. The third-order valence-electron chi connectivity index (χ3n) is 12.6. The lowest BCUT2D eigenvalue weighted by atomic mass is 9.83. The van der Waals surface area contributed by atoms with Crippen LogP contribution in [0, 0.1) is 0 Å². The third kappa shape index (κ3) is 4.76. The molecule has 2 heterocycles. The molecule has 0 aliphatic carbocycles. The lowest BCUT2D eigenvalue weighted by Gasteiger charge is -2.20. The van der Waals surface area contributed by atoms with E-state index in [1.165, 1.54) is 54.2 Å². The second-order valence-electron chi connectivity index (χ2n) is 15.9. The highest BCUT2D eigenvalue weighted by Crippen LogP contribution is 2.53. The maximum Gasteiger partial charge on any atom is 0.147 e. The standard InChI is InChI=1S/C58H34O2/c1-2-17-36(18-3-1)52-50-34-49-43-24-14-15-29-51(43)59-57(49)55(58(50)60-56(52)39-31-30-35-16-4-5-19-37(35)32-39)54-46-27-12-10-25-44(46)53(45-26-11-13-28-47(45)54)48-33-38-20-6-7-21-40(38)41-22-8-9-23-42(41)48/h1-34H. The summed E-state index contributed by atoms with van der Waals surface area (Å²) in [4.78, 5) is 0. The topological polar surface area (TPSA) is 26.3 Å². The van der Waals surface area contributed by atoms with E-state index in [2.05, 4.69) is 206 Å². The van der Waals surface area contributed by atoms with E-state index >= 15 is 0 Å². The van der Waals surface area contributed by atoms with Crippen LogP contribution < -0.4 is 0 Å². The first-order valence-electron chi connectivity index (χ1n) is 20.6. The molecule has 278 valence electrons. The normalized spacial score (nSPS) is 12.0. The quantitative estimate of drug-likeness (QED) is 0.132. The molecule has 0 fully saturated rings. The molecule has 0 saturated heterocycles. The molecule has 0 spiro atoms. The van der Waals surface area contributed by atoms with Crippen molar-refractivity contribution in [2.45, 2.75) is 0 Å². The summed E-state index contributed by atoms with van der Waals surface area (Å²) >= 11 is 0. The molecule has 60 heavy (non-hydrogen) atoms. The fourth-order valence-corrected chi connectivity index (χ4v) is 10.0. The van der Waals surface area contributed by atoms with Crippen LogP contribution in [0.5, 0.6) is 0 Å². The molecule has 11 aromatic carbocycles. The maximum absolute atomic E-state index is 7.44.